The molecule has 0 aromatic heterocycles. The summed E-state index contributed by atoms with van der Waals surface area (Å²) in [5.41, 5.74) is 0. The standard InChI is InChI=1S/C9H12F6OS/c1-2-6(16)17-4-3-5(10)9(14,15)7(11)8(12)13/h5,7-8H,2-4H2,1H3. The molecule has 2 unspecified atom stereocenters. The lowest BCUT2D eigenvalue weighted by Crippen LogP contribution is -2.44. The van der Waals surface area contributed by atoms with Crippen molar-refractivity contribution in [2.24, 2.45) is 0 Å². The highest BCUT2D eigenvalue weighted by Crippen LogP contribution is 2.33. The second kappa shape index (κ2) is 7.13. The third-order valence-corrected chi connectivity index (χ3v) is 2.98. The summed E-state index contributed by atoms with van der Waals surface area (Å²) >= 11 is 0.619. The molecule has 0 radical (unpaired) electrons. The van der Waals surface area contributed by atoms with Gasteiger partial charge >= 0.3 is 5.92 Å². The van der Waals surface area contributed by atoms with Crippen molar-refractivity contribution in [1.82, 2.24) is 0 Å². The van der Waals surface area contributed by atoms with Crippen LogP contribution >= 0.6 is 11.8 Å². The first-order chi connectivity index (χ1) is 7.73. The molecule has 0 amide bonds. The number of hydrogen-bond acceptors (Lipinski definition) is 2. The average molecular weight is 282 g/mol. The zero-order chi connectivity index (χ0) is 13.6. The average Bonchev–Trinajstić information content (AvgIpc) is 2.27. The zero-order valence-electron chi connectivity index (χ0n) is 8.94. The molecule has 0 aliphatic heterocycles. The summed E-state index contributed by atoms with van der Waals surface area (Å²) in [7, 11) is 0. The summed E-state index contributed by atoms with van der Waals surface area (Å²) in [6.07, 6.45) is -11.5. The molecule has 17 heavy (non-hydrogen) atoms. The van der Waals surface area contributed by atoms with Crippen LogP contribution in [0.25, 0.3) is 0 Å². The quantitative estimate of drug-likeness (QED) is 0.663. The van der Waals surface area contributed by atoms with E-state index in [0.717, 1.165) is 0 Å². The van der Waals surface area contributed by atoms with E-state index >= 15 is 0 Å². The van der Waals surface area contributed by atoms with Gasteiger partial charge in [0.05, 0.1) is 0 Å². The third kappa shape index (κ3) is 5.18. The molecular weight excluding hydrogens is 270 g/mol. The van der Waals surface area contributed by atoms with Gasteiger partial charge in [-0.2, -0.15) is 8.78 Å². The number of hydrogen-bond donors (Lipinski definition) is 0. The normalized spacial score (nSPS) is 16.0. The molecule has 0 aromatic carbocycles. The third-order valence-electron chi connectivity index (χ3n) is 1.93. The lowest BCUT2D eigenvalue weighted by atomic mass is 10.1. The highest BCUT2D eigenvalue weighted by molar-refractivity contribution is 8.13. The zero-order valence-corrected chi connectivity index (χ0v) is 9.75. The van der Waals surface area contributed by atoms with Crippen LogP contribution in [-0.2, 0) is 4.79 Å². The maximum absolute atomic E-state index is 12.9. The molecule has 0 aliphatic rings. The van der Waals surface area contributed by atoms with Crippen LogP contribution in [-0.4, -0.2) is 35.6 Å². The highest BCUT2D eigenvalue weighted by atomic mass is 32.2. The largest absolute Gasteiger partial charge is 0.314 e. The molecule has 0 N–H and O–H groups in total. The van der Waals surface area contributed by atoms with Crippen molar-refractivity contribution in [3.8, 4) is 0 Å². The maximum Gasteiger partial charge on any atom is 0.314 e. The fourth-order valence-corrected chi connectivity index (χ4v) is 1.67. The van der Waals surface area contributed by atoms with Crippen LogP contribution < -0.4 is 0 Å². The van der Waals surface area contributed by atoms with Gasteiger partial charge in [0, 0.05) is 12.2 Å². The van der Waals surface area contributed by atoms with Crippen molar-refractivity contribution in [1.29, 1.82) is 0 Å². The first kappa shape index (κ1) is 16.6. The Bertz CT molecular complexity index is 248. The Morgan fingerprint density at radius 3 is 2.18 bits per heavy atom. The number of rotatable bonds is 7. The van der Waals surface area contributed by atoms with E-state index in [1.165, 1.54) is 6.92 Å². The summed E-state index contributed by atoms with van der Waals surface area (Å²) in [6, 6.07) is 0. The van der Waals surface area contributed by atoms with E-state index in [9.17, 15) is 31.1 Å². The molecule has 1 nitrogen and oxygen atoms in total. The molecule has 0 heterocycles. The van der Waals surface area contributed by atoms with Gasteiger partial charge in [-0.25, -0.2) is 17.6 Å². The van der Waals surface area contributed by atoms with E-state index in [1.807, 2.05) is 0 Å². The van der Waals surface area contributed by atoms with Gasteiger partial charge in [-0.05, 0) is 6.42 Å². The van der Waals surface area contributed by atoms with Crippen LogP contribution in [0.2, 0.25) is 0 Å². The number of carbonyl (C=O) groups is 1. The highest BCUT2D eigenvalue weighted by Gasteiger charge is 2.52. The second-order valence-electron chi connectivity index (χ2n) is 3.24. The molecule has 0 saturated heterocycles. The molecule has 8 heteroatoms. The molecule has 0 saturated carbocycles. The van der Waals surface area contributed by atoms with E-state index < -0.39 is 31.1 Å². The van der Waals surface area contributed by atoms with E-state index in [4.69, 9.17) is 0 Å². The Balaban J connectivity index is 4.20. The number of carbonyl (C=O) groups excluding carboxylic acids is 1. The summed E-state index contributed by atoms with van der Waals surface area (Å²) < 4.78 is 74.2. The van der Waals surface area contributed by atoms with Crippen molar-refractivity contribution in [2.75, 3.05) is 5.75 Å². The van der Waals surface area contributed by atoms with E-state index in [2.05, 4.69) is 0 Å². The molecule has 0 rings (SSSR count). The second-order valence-corrected chi connectivity index (χ2v) is 4.39. The first-order valence-electron chi connectivity index (χ1n) is 4.83. The molecular formula is C9H12F6OS. The Kier molecular flexibility index (Phi) is 6.96. The lowest BCUT2D eigenvalue weighted by molar-refractivity contribution is -0.166. The number of thioether (sulfide) groups is 1. The predicted octanol–water partition coefficient (Wildman–Crippen LogP) is 3.62. The minimum atomic E-state index is -4.73. The van der Waals surface area contributed by atoms with Gasteiger partial charge in [0.2, 0.25) is 6.17 Å². The van der Waals surface area contributed by atoms with Crippen molar-refractivity contribution in [3.05, 3.63) is 0 Å². The maximum atomic E-state index is 12.9. The minimum Gasteiger partial charge on any atom is -0.287 e. The first-order valence-corrected chi connectivity index (χ1v) is 5.81. The van der Waals surface area contributed by atoms with Crippen molar-refractivity contribution < 1.29 is 31.1 Å². The smallest absolute Gasteiger partial charge is 0.287 e. The van der Waals surface area contributed by atoms with E-state index in [0.29, 0.717) is 11.8 Å². The summed E-state index contributed by atoms with van der Waals surface area (Å²) in [6.45, 7) is 1.53. The Hall–Kier alpha value is -0.400. The van der Waals surface area contributed by atoms with Crippen molar-refractivity contribution >= 4 is 16.9 Å². The van der Waals surface area contributed by atoms with Crippen molar-refractivity contribution in [2.45, 2.75) is 44.5 Å². The molecule has 0 fully saturated rings. The van der Waals surface area contributed by atoms with Gasteiger partial charge in [-0.1, -0.05) is 18.7 Å². The molecule has 0 aliphatic carbocycles. The molecule has 0 aromatic rings. The van der Waals surface area contributed by atoms with Gasteiger partial charge in [0.25, 0.3) is 6.43 Å². The topological polar surface area (TPSA) is 17.1 Å². The monoisotopic (exact) mass is 282 g/mol. The number of halogens is 6. The fourth-order valence-electron chi connectivity index (χ4n) is 0.911. The molecule has 0 bridgehead atoms. The van der Waals surface area contributed by atoms with E-state index in [-0.39, 0.29) is 17.3 Å². The van der Waals surface area contributed by atoms with Crippen LogP contribution in [0, 0.1) is 0 Å². The summed E-state index contributed by atoms with van der Waals surface area (Å²) in [5, 5.41) is -0.328. The van der Waals surface area contributed by atoms with Crippen LogP contribution in [0.1, 0.15) is 19.8 Å². The molecule has 2 atom stereocenters. The van der Waals surface area contributed by atoms with Crippen LogP contribution in [0.15, 0.2) is 0 Å². The number of alkyl halides is 6. The molecule has 0 spiro atoms. The summed E-state index contributed by atoms with van der Waals surface area (Å²) in [5.74, 6) is -5.02. The Morgan fingerprint density at radius 1 is 1.24 bits per heavy atom. The van der Waals surface area contributed by atoms with Crippen LogP contribution in [0.3, 0.4) is 0 Å². The van der Waals surface area contributed by atoms with Gasteiger partial charge in [0.1, 0.15) is 0 Å². The van der Waals surface area contributed by atoms with Gasteiger partial charge in [0.15, 0.2) is 11.3 Å². The molecule has 102 valence electrons. The van der Waals surface area contributed by atoms with Gasteiger partial charge < -0.3 is 0 Å². The Morgan fingerprint density at radius 2 is 1.76 bits per heavy atom. The van der Waals surface area contributed by atoms with Crippen molar-refractivity contribution in [3.63, 3.8) is 0 Å². The van der Waals surface area contributed by atoms with Crippen LogP contribution in [0.5, 0.6) is 0 Å². The van der Waals surface area contributed by atoms with Gasteiger partial charge in [-0.3, -0.25) is 4.79 Å². The summed E-state index contributed by atoms with van der Waals surface area (Å²) in [4.78, 5) is 10.7. The fraction of sp³-hybridized carbons (Fsp3) is 0.889. The van der Waals surface area contributed by atoms with Crippen LogP contribution in [0.4, 0.5) is 26.3 Å². The van der Waals surface area contributed by atoms with Gasteiger partial charge in [-0.15, -0.1) is 0 Å². The lowest BCUT2D eigenvalue weighted by Gasteiger charge is -2.23. The minimum absolute atomic E-state index is 0.154. The predicted molar refractivity (Wildman–Crippen MR) is 53.1 cm³/mol. The Labute approximate surface area is 98.9 Å². The van der Waals surface area contributed by atoms with E-state index in [1.54, 1.807) is 0 Å². The SMILES string of the molecule is CCC(=O)SCCC(F)C(F)(F)C(F)C(F)F.